The topological polar surface area (TPSA) is 66.5 Å². The predicted octanol–water partition coefficient (Wildman–Crippen LogP) is 3.90. The number of likely N-dealkylation sites (tertiary alicyclic amines) is 1. The summed E-state index contributed by atoms with van der Waals surface area (Å²) in [6.45, 7) is 2.94. The van der Waals surface area contributed by atoms with Crippen LogP contribution < -0.4 is 5.32 Å². The molecular formula is C21H30N2O3S. The molecule has 1 heterocycles. The zero-order chi connectivity index (χ0) is 19.4. The molecule has 1 aromatic carbocycles. The second-order valence-electron chi connectivity index (χ2n) is 7.89. The van der Waals surface area contributed by atoms with Crippen LogP contribution in [0.5, 0.6) is 0 Å². The summed E-state index contributed by atoms with van der Waals surface area (Å²) in [5, 5.41) is 4.31. The van der Waals surface area contributed by atoms with Crippen molar-refractivity contribution in [2.75, 3.05) is 12.8 Å². The van der Waals surface area contributed by atoms with Crippen LogP contribution in [0.1, 0.15) is 50.6 Å². The number of rotatable bonds is 6. The number of benzene rings is 1. The maximum atomic E-state index is 13.1. The molecule has 5 nitrogen and oxygen atoms in total. The number of carbonyl (C=O) groups is 1. The van der Waals surface area contributed by atoms with E-state index >= 15 is 0 Å². The molecule has 2 amide bonds. The van der Waals surface area contributed by atoms with E-state index in [-0.39, 0.29) is 18.1 Å². The molecular weight excluding hydrogens is 360 g/mol. The highest BCUT2D eigenvalue weighted by Gasteiger charge is 2.35. The lowest BCUT2D eigenvalue weighted by Gasteiger charge is -2.40. The van der Waals surface area contributed by atoms with E-state index < -0.39 is 9.84 Å². The molecule has 2 fully saturated rings. The minimum atomic E-state index is -3.20. The first-order valence-corrected chi connectivity index (χ1v) is 11.8. The Morgan fingerprint density at radius 2 is 1.96 bits per heavy atom. The average molecular weight is 391 g/mol. The summed E-state index contributed by atoms with van der Waals surface area (Å²) in [6, 6.07) is 9.97. The lowest BCUT2D eigenvalue weighted by Crippen LogP contribution is -2.49. The molecule has 2 aliphatic rings. The van der Waals surface area contributed by atoms with E-state index in [1.165, 1.54) is 17.2 Å². The Hall–Kier alpha value is -1.82. The summed E-state index contributed by atoms with van der Waals surface area (Å²) in [5.74, 6) is 0.971. The minimum absolute atomic E-state index is 0.0728. The van der Waals surface area contributed by atoms with Gasteiger partial charge < -0.3 is 10.2 Å². The zero-order valence-electron chi connectivity index (χ0n) is 16.2. The normalized spacial score (nSPS) is 24.7. The summed E-state index contributed by atoms with van der Waals surface area (Å²) in [4.78, 5) is 15.0. The van der Waals surface area contributed by atoms with Gasteiger partial charge in [0.1, 0.15) is 0 Å². The van der Waals surface area contributed by atoms with Crippen molar-refractivity contribution in [2.45, 2.75) is 51.1 Å². The van der Waals surface area contributed by atoms with Gasteiger partial charge in [-0.2, -0.15) is 0 Å². The van der Waals surface area contributed by atoms with Crippen LogP contribution in [0.2, 0.25) is 0 Å². The molecule has 3 atom stereocenters. The van der Waals surface area contributed by atoms with Crippen molar-refractivity contribution in [3.63, 3.8) is 0 Å². The summed E-state index contributed by atoms with van der Waals surface area (Å²) >= 11 is 0. The fourth-order valence-corrected chi connectivity index (χ4v) is 4.33. The van der Waals surface area contributed by atoms with Gasteiger partial charge in [0.15, 0.2) is 9.84 Å². The van der Waals surface area contributed by atoms with Crippen molar-refractivity contribution in [3.05, 3.63) is 47.4 Å². The second-order valence-corrected chi connectivity index (χ2v) is 9.82. The minimum Gasteiger partial charge on any atom is -0.331 e. The van der Waals surface area contributed by atoms with Gasteiger partial charge in [-0.25, -0.2) is 13.2 Å². The Balaban J connectivity index is 1.75. The first-order chi connectivity index (χ1) is 12.9. The Morgan fingerprint density at radius 3 is 2.56 bits per heavy atom. The van der Waals surface area contributed by atoms with Crippen molar-refractivity contribution in [1.82, 2.24) is 10.2 Å². The van der Waals surface area contributed by atoms with Crippen molar-refractivity contribution in [1.29, 1.82) is 0 Å². The number of urea groups is 1. The van der Waals surface area contributed by atoms with E-state index in [0.717, 1.165) is 38.6 Å². The molecule has 6 heteroatoms. The van der Waals surface area contributed by atoms with E-state index in [2.05, 4.69) is 24.4 Å². The third-order valence-electron chi connectivity index (χ3n) is 5.69. The molecule has 1 aromatic rings. The molecule has 0 aromatic heterocycles. The highest BCUT2D eigenvalue weighted by molar-refractivity contribution is 7.93. The summed E-state index contributed by atoms with van der Waals surface area (Å²) in [5.41, 5.74) is 1.17. The Kier molecular flexibility index (Phi) is 6.25. The Labute approximate surface area is 162 Å². The third kappa shape index (κ3) is 5.58. The predicted molar refractivity (Wildman–Crippen MR) is 108 cm³/mol. The van der Waals surface area contributed by atoms with E-state index in [4.69, 9.17) is 0 Å². The van der Waals surface area contributed by atoms with Gasteiger partial charge in [-0.05, 0) is 43.1 Å². The quantitative estimate of drug-likeness (QED) is 0.801. The standard InChI is InChI=1S/C21H30N2O3S/c1-3-16-11-13-23(20(15-16)18-7-5-4-6-8-18)21(24)22-19(17-9-10-17)12-14-27(2,25)26/h4-8,12,14,16-17,19-20H,3,9-11,13,15H2,1-2H3,(H,22,24)/b14-12+/t16-,19?,20+/m1/s1. The zero-order valence-corrected chi connectivity index (χ0v) is 17.0. The first-order valence-electron chi connectivity index (χ1n) is 9.87. The van der Waals surface area contributed by atoms with Crippen LogP contribution in [-0.4, -0.2) is 38.2 Å². The number of nitrogens with zero attached hydrogens (tertiary/aromatic N) is 1. The molecule has 1 saturated carbocycles. The molecule has 1 saturated heterocycles. The Bertz CT molecular complexity index is 772. The summed E-state index contributed by atoms with van der Waals surface area (Å²) in [6.07, 6.45) is 7.98. The van der Waals surface area contributed by atoms with Crippen molar-refractivity contribution in [3.8, 4) is 0 Å². The number of sulfone groups is 1. The van der Waals surface area contributed by atoms with Crippen LogP contribution in [0.4, 0.5) is 4.79 Å². The van der Waals surface area contributed by atoms with E-state index in [0.29, 0.717) is 11.8 Å². The van der Waals surface area contributed by atoms with E-state index in [9.17, 15) is 13.2 Å². The van der Waals surface area contributed by atoms with E-state index in [1.54, 1.807) is 6.08 Å². The van der Waals surface area contributed by atoms with Gasteiger partial charge in [0.25, 0.3) is 0 Å². The molecule has 1 unspecified atom stereocenters. The van der Waals surface area contributed by atoms with Crippen LogP contribution in [0.15, 0.2) is 41.8 Å². The maximum Gasteiger partial charge on any atom is 0.318 e. The highest BCUT2D eigenvalue weighted by Crippen LogP contribution is 2.37. The van der Waals surface area contributed by atoms with Crippen molar-refractivity contribution in [2.24, 2.45) is 11.8 Å². The number of hydrogen-bond donors (Lipinski definition) is 1. The third-order valence-corrected chi connectivity index (χ3v) is 6.34. The molecule has 27 heavy (non-hydrogen) atoms. The van der Waals surface area contributed by atoms with Gasteiger partial charge in [-0.1, -0.05) is 49.8 Å². The number of amides is 2. The van der Waals surface area contributed by atoms with Crippen LogP contribution in [0.25, 0.3) is 0 Å². The SMILES string of the molecule is CC[C@@H]1CCN(C(=O)NC(/C=C/S(C)(=O)=O)C2CC2)[C@H](c2ccccc2)C1. The highest BCUT2D eigenvalue weighted by atomic mass is 32.2. The lowest BCUT2D eigenvalue weighted by atomic mass is 9.86. The molecule has 148 valence electrons. The first kappa shape index (κ1) is 19.9. The largest absolute Gasteiger partial charge is 0.331 e. The van der Waals surface area contributed by atoms with Gasteiger partial charge in [0.2, 0.25) is 0 Å². The molecule has 1 aliphatic carbocycles. The molecule has 0 radical (unpaired) electrons. The van der Waals surface area contributed by atoms with Crippen LogP contribution in [-0.2, 0) is 9.84 Å². The average Bonchev–Trinajstić information content (AvgIpc) is 3.49. The number of nitrogens with one attached hydrogen (secondary N) is 1. The van der Waals surface area contributed by atoms with Crippen LogP contribution >= 0.6 is 0 Å². The van der Waals surface area contributed by atoms with Gasteiger partial charge in [0.05, 0.1) is 12.1 Å². The monoisotopic (exact) mass is 390 g/mol. The molecule has 0 bridgehead atoms. The Morgan fingerprint density at radius 1 is 1.26 bits per heavy atom. The van der Waals surface area contributed by atoms with Crippen molar-refractivity contribution < 1.29 is 13.2 Å². The smallest absolute Gasteiger partial charge is 0.318 e. The molecule has 0 spiro atoms. The molecule has 3 rings (SSSR count). The number of piperidine rings is 1. The van der Waals surface area contributed by atoms with Gasteiger partial charge in [0, 0.05) is 18.2 Å². The summed E-state index contributed by atoms with van der Waals surface area (Å²) < 4.78 is 22.9. The van der Waals surface area contributed by atoms with Gasteiger partial charge in [-0.3, -0.25) is 0 Å². The van der Waals surface area contributed by atoms with E-state index in [1.807, 2.05) is 23.1 Å². The second kappa shape index (κ2) is 8.46. The summed E-state index contributed by atoms with van der Waals surface area (Å²) in [7, 11) is -3.20. The van der Waals surface area contributed by atoms with Gasteiger partial charge in [-0.15, -0.1) is 0 Å². The lowest BCUT2D eigenvalue weighted by molar-refractivity contribution is 0.124. The van der Waals surface area contributed by atoms with Crippen LogP contribution in [0, 0.1) is 11.8 Å². The van der Waals surface area contributed by atoms with Crippen molar-refractivity contribution >= 4 is 15.9 Å². The maximum absolute atomic E-state index is 13.1. The molecule has 1 aliphatic heterocycles. The fraction of sp³-hybridized carbons (Fsp3) is 0.571. The number of carbonyl (C=O) groups excluding carboxylic acids is 1. The van der Waals surface area contributed by atoms with Crippen LogP contribution in [0.3, 0.4) is 0 Å². The molecule has 1 N–H and O–H groups in total. The fourth-order valence-electron chi connectivity index (χ4n) is 3.87. The number of hydrogen-bond acceptors (Lipinski definition) is 3. The van der Waals surface area contributed by atoms with Gasteiger partial charge >= 0.3 is 6.03 Å².